The first kappa shape index (κ1) is 16.5. The van der Waals surface area contributed by atoms with Gasteiger partial charge in [-0.3, -0.25) is 0 Å². The highest BCUT2D eigenvalue weighted by molar-refractivity contribution is 7.18. The van der Waals surface area contributed by atoms with Gasteiger partial charge < -0.3 is 9.67 Å². The average Bonchev–Trinajstić information content (AvgIpc) is 3.20. The lowest BCUT2D eigenvalue weighted by Crippen LogP contribution is -2.04. The fraction of sp³-hybridized carbons (Fsp3) is 0.118. The fourth-order valence-corrected chi connectivity index (χ4v) is 3.52. The Balaban J connectivity index is 1.90. The Bertz CT molecular complexity index is 1120. The number of halogens is 3. The predicted octanol–water partition coefficient (Wildman–Crippen LogP) is 4.48. The van der Waals surface area contributed by atoms with Crippen LogP contribution in [0.5, 0.6) is 5.88 Å². The molecule has 1 aromatic carbocycles. The molecule has 0 bridgehead atoms. The SMILES string of the molecule is Cn1cnc(-c2nc(O)c3scc(-c4cccc(C(F)(F)F)c4)c3n2)c1. The van der Waals surface area contributed by atoms with E-state index in [1.165, 1.54) is 17.4 Å². The number of hydrogen-bond donors (Lipinski definition) is 1. The molecule has 3 aromatic heterocycles. The van der Waals surface area contributed by atoms with E-state index < -0.39 is 11.7 Å². The van der Waals surface area contributed by atoms with Crippen molar-refractivity contribution in [2.24, 2.45) is 7.05 Å². The van der Waals surface area contributed by atoms with E-state index in [4.69, 9.17) is 0 Å². The second kappa shape index (κ2) is 5.80. The first-order valence-electron chi connectivity index (χ1n) is 7.47. The highest BCUT2D eigenvalue weighted by atomic mass is 32.1. The van der Waals surface area contributed by atoms with Crippen LogP contribution < -0.4 is 0 Å². The normalized spacial score (nSPS) is 12.0. The van der Waals surface area contributed by atoms with Gasteiger partial charge in [-0.25, -0.2) is 9.97 Å². The second-order valence-electron chi connectivity index (χ2n) is 5.70. The van der Waals surface area contributed by atoms with E-state index in [-0.39, 0.29) is 11.7 Å². The van der Waals surface area contributed by atoms with Crippen LogP contribution >= 0.6 is 11.3 Å². The van der Waals surface area contributed by atoms with Crippen LogP contribution in [0.15, 0.2) is 42.2 Å². The molecule has 0 saturated heterocycles. The van der Waals surface area contributed by atoms with E-state index in [1.807, 2.05) is 0 Å². The summed E-state index contributed by atoms with van der Waals surface area (Å²) in [6.07, 6.45) is -1.17. The van der Waals surface area contributed by atoms with Gasteiger partial charge in [-0.15, -0.1) is 11.3 Å². The number of imidazole rings is 1. The van der Waals surface area contributed by atoms with Gasteiger partial charge in [0.25, 0.3) is 0 Å². The van der Waals surface area contributed by atoms with Gasteiger partial charge in [0.05, 0.1) is 17.4 Å². The number of rotatable bonds is 2. The lowest BCUT2D eigenvalue weighted by Gasteiger charge is -2.08. The summed E-state index contributed by atoms with van der Waals surface area (Å²) in [5.41, 5.74) is 0.994. The number of alkyl halides is 3. The van der Waals surface area contributed by atoms with E-state index in [0.717, 1.165) is 12.1 Å². The summed E-state index contributed by atoms with van der Waals surface area (Å²) in [5, 5.41) is 11.9. The second-order valence-corrected chi connectivity index (χ2v) is 6.58. The Morgan fingerprint density at radius 2 is 2.00 bits per heavy atom. The Labute approximate surface area is 149 Å². The van der Waals surface area contributed by atoms with Crippen molar-refractivity contribution in [2.45, 2.75) is 6.18 Å². The molecule has 0 atom stereocenters. The highest BCUT2D eigenvalue weighted by Crippen LogP contribution is 2.39. The Morgan fingerprint density at radius 3 is 2.69 bits per heavy atom. The maximum atomic E-state index is 13.0. The largest absolute Gasteiger partial charge is 0.492 e. The first-order valence-corrected chi connectivity index (χ1v) is 8.35. The van der Waals surface area contributed by atoms with Crippen LogP contribution in [-0.4, -0.2) is 24.6 Å². The topological polar surface area (TPSA) is 63.8 Å². The molecule has 4 aromatic rings. The number of hydrogen-bond acceptors (Lipinski definition) is 5. The van der Waals surface area contributed by atoms with Crippen molar-refractivity contribution in [3.8, 4) is 28.5 Å². The van der Waals surface area contributed by atoms with Gasteiger partial charge in [0.15, 0.2) is 5.82 Å². The zero-order chi connectivity index (χ0) is 18.5. The third-order valence-corrected chi connectivity index (χ3v) is 4.80. The maximum Gasteiger partial charge on any atom is 0.416 e. The van der Waals surface area contributed by atoms with E-state index in [9.17, 15) is 18.3 Å². The Kier molecular flexibility index (Phi) is 3.69. The molecule has 1 N–H and O–H groups in total. The van der Waals surface area contributed by atoms with Crippen LogP contribution in [-0.2, 0) is 13.2 Å². The van der Waals surface area contributed by atoms with Crippen molar-refractivity contribution in [1.29, 1.82) is 0 Å². The number of fused-ring (bicyclic) bond motifs is 1. The molecular formula is C17H11F3N4OS. The van der Waals surface area contributed by atoms with Crippen molar-refractivity contribution in [2.75, 3.05) is 0 Å². The van der Waals surface area contributed by atoms with Crippen molar-refractivity contribution in [1.82, 2.24) is 19.5 Å². The summed E-state index contributed by atoms with van der Waals surface area (Å²) in [6, 6.07) is 5.02. The minimum Gasteiger partial charge on any atom is -0.492 e. The van der Waals surface area contributed by atoms with Crippen LogP contribution in [0.1, 0.15) is 5.56 Å². The molecule has 3 heterocycles. The summed E-state index contributed by atoms with van der Waals surface area (Å²) in [4.78, 5) is 12.6. The van der Waals surface area contributed by atoms with E-state index in [2.05, 4.69) is 15.0 Å². The highest BCUT2D eigenvalue weighted by Gasteiger charge is 2.30. The van der Waals surface area contributed by atoms with Gasteiger partial charge >= 0.3 is 6.18 Å². The van der Waals surface area contributed by atoms with Crippen molar-refractivity contribution < 1.29 is 18.3 Å². The van der Waals surface area contributed by atoms with Crippen LogP contribution in [0.4, 0.5) is 13.2 Å². The molecule has 0 spiro atoms. The number of aromatic nitrogens is 4. The quantitative estimate of drug-likeness (QED) is 0.560. The van der Waals surface area contributed by atoms with Gasteiger partial charge in [0, 0.05) is 24.2 Å². The number of aryl methyl sites for hydroxylation is 1. The smallest absolute Gasteiger partial charge is 0.416 e. The maximum absolute atomic E-state index is 13.0. The predicted molar refractivity (Wildman–Crippen MR) is 91.7 cm³/mol. The van der Waals surface area contributed by atoms with Gasteiger partial charge in [-0.1, -0.05) is 12.1 Å². The van der Waals surface area contributed by atoms with Crippen molar-refractivity contribution in [3.63, 3.8) is 0 Å². The summed E-state index contributed by atoms with van der Waals surface area (Å²) >= 11 is 1.18. The third-order valence-electron chi connectivity index (χ3n) is 3.83. The molecule has 0 fully saturated rings. The van der Waals surface area contributed by atoms with E-state index in [0.29, 0.717) is 27.0 Å². The first-order chi connectivity index (χ1) is 12.3. The zero-order valence-corrected chi connectivity index (χ0v) is 14.1. The third kappa shape index (κ3) is 2.80. The summed E-state index contributed by atoms with van der Waals surface area (Å²) < 4.78 is 41.1. The van der Waals surface area contributed by atoms with Crippen LogP contribution in [0.25, 0.3) is 32.9 Å². The number of benzene rings is 1. The minimum absolute atomic E-state index is 0.210. The molecule has 0 radical (unpaired) electrons. The molecule has 0 unspecified atom stereocenters. The molecule has 0 amide bonds. The van der Waals surface area contributed by atoms with Gasteiger partial charge in [-0.2, -0.15) is 18.2 Å². The average molecular weight is 376 g/mol. The molecule has 132 valence electrons. The van der Waals surface area contributed by atoms with E-state index in [1.54, 1.807) is 35.6 Å². The van der Waals surface area contributed by atoms with Crippen LogP contribution in [0, 0.1) is 0 Å². The Morgan fingerprint density at radius 1 is 1.19 bits per heavy atom. The molecule has 0 saturated carbocycles. The molecule has 9 heteroatoms. The summed E-state index contributed by atoms with van der Waals surface area (Å²) in [5.74, 6) is -0.0129. The monoisotopic (exact) mass is 376 g/mol. The summed E-state index contributed by atoms with van der Waals surface area (Å²) in [7, 11) is 1.79. The lowest BCUT2D eigenvalue weighted by atomic mass is 10.0. The molecule has 5 nitrogen and oxygen atoms in total. The van der Waals surface area contributed by atoms with Gasteiger partial charge in [-0.05, 0) is 17.7 Å². The Hall–Kier alpha value is -2.94. The fourth-order valence-electron chi connectivity index (χ4n) is 2.61. The zero-order valence-electron chi connectivity index (χ0n) is 13.3. The molecule has 4 rings (SSSR count). The van der Waals surface area contributed by atoms with Crippen molar-refractivity contribution >= 4 is 21.6 Å². The number of aromatic hydroxyl groups is 1. The summed E-state index contributed by atoms with van der Waals surface area (Å²) in [6.45, 7) is 0. The standard InChI is InChI=1S/C17H11F3N4OS/c1-24-6-12(21-8-24)15-22-13-11(7-26-14(13)16(25)23-15)9-3-2-4-10(5-9)17(18,19)20/h2-8H,1H3,(H,22,23,25). The number of nitrogens with zero attached hydrogens (tertiary/aromatic N) is 4. The van der Waals surface area contributed by atoms with Crippen LogP contribution in [0.3, 0.4) is 0 Å². The lowest BCUT2D eigenvalue weighted by molar-refractivity contribution is -0.137. The van der Waals surface area contributed by atoms with E-state index >= 15 is 0 Å². The molecule has 0 aliphatic carbocycles. The molecule has 0 aliphatic rings. The van der Waals surface area contributed by atoms with Gasteiger partial charge in [0.2, 0.25) is 5.88 Å². The van der Waals surface area contributed by atoms with Gasteiger partial charge in [0.1, 0.15) is 10.4 Å². The molecule has 0 aliphatic heterocycles. The van der Waals surface area contributed by atoms with Crippen LogP contribution in [0.2, 0.25) is 0 Å². The molecular weight excluding hydrogens is 365 g/mol. The number of thiophene rings is 1. The minimum atomic E-state index is -4.43. The molecule has 26 heavy (non-hydrogen) atoms. The van der Waals surface area contributed by atoms with Crippen molar-refractivity contribution in [3.05, 3.63) is 47.7 Å².